The molecule has 1 fully saturated rings. The van der Waals surface area contributed by atoms with Crippen LogP contribution >= 0.6 is 0 Å². The Kier molecular flexibility index (Phi) is 4.73. The fourth-order valence-electron chi connectivity index (χ4n) is 4.60. The monoisotopic (exact) mass is 389 g/mol. The molecule has 0 radical (unpaired) electrons. The molecule has 29 heavy (non-hydrogen) atoms. The van der Waals surface area contributed by atoms with Crippen LogP contribution in [-0.2, 0) is 19.4 Å². The first-order chi connectivity index (χ1) is 14.2. The van der Waals surface area contributed by atoms with Crippen LogP contribution in [0.15, 0.2) is 30.7 Å². The number of pyridine rings is 1. The van der Waals surface area contributed by atoms with Gasteiger partial charge in [-0.2, -0.15) is 0 Å². The lowest BCUT2D eigenvalue weighted by Gasteiger charge is -2.28. The maximum absolute atomic E-state index is 5.04. The number of hydrogen-bond donors (Lipinski definition) is 0. The van der Waals surface area contributed by atoms with Gasteiger partial charge >= 0.3 is 0 Å². The molecule has 0 bridgehead atoms. The second-order valence-corrected chi connectivity index (χ2v) is 8.45. The Bertz CT molecular complexity index is 996. The van der Waals surface area contributed by atoms with Gasteiger partial charge in [0.1, 0.15) is 17.8 Å². The van der Waals surface area contributed by atoms with Gasteiger partial charge in [0, 0.05) is 30.5 Å². The quantitative estimate of drug-likeness (QED) is 0.664. The lowest BCUT2D eigenvalue weighted by atomic mass is 10.1. The zero-order valence-corrected chi connectivity index (χ0v) is 17.1. The number of nitrogens with zero attached hydrogens (tertiary/aromatic N) is 7. The standard InChI is InChI=1S/C22H27N7/c1-15(2)13-28-14-24-27-22(28)19-10-6-12-29(19)21-16-7-5-9-17(16)25-20(26-21)18-8-3-4-11-23-18/h3-4,8,11,14-15,19H,5-7,9-10,12-13H2,1-2H3. The van der Waals surface area contributed by atoms with E-state index in [4.69, 9.17) is 9.97 Å². The van der Waals surface area contributed by atoms with Crippen molar-refractivity contribution < 1.29 is 0 Å². The number of hydrogen-bond acceptors (Lipinski definition) is 6. The van der Waals surface area contributed by atoms with Crippen molar-refractivity contribution >= 4 is 5.82 Å². The third-order valence-corrected chi connectivity index (χ3v) is 5.84. The van der Waals surface area contributed by atoms with Crippen molar-refractivity contribution in [2.75, 3.05) is 11.4 Å². The van der Waals surface area contributed by atoms with Gasteiger partial charge in [0.25, 0.3) is 0 Å². The average Bonchev–Trinajstić information content (AvgIpc) is 3.47. The Morgan fingerprint density at radius 3 is 2.90 bits per heavy atom. The summed E-state index contributed by atoms with van der Waals surface area (Å²) in [5, 5.41) is 8.75. The van der Waals surface area contributed by atoms with E-state index >= 15 is 0 Å². The van der Waals surface area contributed by atoms with Crippen molar-refractivity contribution in [3.63, 3.8) is 0 Å². The lowest BCUT2D eigenvalue weighted by molar-refractivity contribution is 0.487. The van der Waals surface area contributed by atoms with E-state index < -0.39 is 0 Å². The van der Waals surface area contributed by atoms with Crippen molar-refractivity contribution in [3.05, 3.63) is 47.8 Å². The van der Waals surface area contributed by atoms with Gasteiger partial charge in [0.15, 0.2) is 11.6 Å². The Morgan fingerprint density at radius 2 is 2.07 bits per heavy atom. The van der Waals surface area contributed by atoms with Crippen LogP contribution in [0.5, 0.6) is 0 Å². The summed E-state index contributed by atoms with van der Waals surface area (Å²) in [6, 6.07) is 6.12. The summed E-state index contributed by atoms with van der Waals surface area (Å²) in [7, 11) is 0. The molecule has 3 aromatic rings. The van der Waals surface area contributed by atoms with E-state index in [1.165, 1.54) is 11.3 Å². The number of aromatic nitrogens is 6. The SMILES string of the molecule is CC(C)Cn1cnnc1C1CCCN1c1nc(-c2ccccn2)nc2c1CCC2. The van der Waals surface area contributed by atoms with Gasteiger partial charge in [0.2, 0.25) is 0 Å². The number of rotatable bonds is 5. The Labute approximate surface area is 171 Å². The van der Waals surface area contributed by atoms with Gasteiger partial charge in [-0.3, -0.25) is 4.98 Å². The zero-order chi connectivity index (χ0) is 19.8. The van der Waals surface area contributed by atoms with Gasteiger partial charge in [-0.05, 0) is 50.2 Å². The summed E-state index contributed by atoms with van der Waals surface area (Å²) >= 11 is 0. The van der Waals surface area contributed by atoms with Crippen LogP contribution < -0.4 is 4.90 Å². The van der Waals surface area contributed by atoms with Crippen LogP contribution in [0, 0.1) is 5.92 Å². The normalized spacial score (nSPS) is 18.6. The molecule has 150 valence electrons. The minimum atomic E-state index is 0.215. The van der Waals surface area contributed by atoms with Crippen LogP contribution in [0.1, 0.15) is 56.2 Å². The van der Waals surface area contributed by atoms with Crippen LogP contribution in [0.25, 0.3) is 11.5 Å². The van der Waals surface area contributed by atoms with Crippen molar-refractivity contribution in [3.8, 4) is 11.5 Å². The molecule has 0 aromatic carbocycles. The third kappa shape index (κ3) is 3.39. The molecule has 0 N–H and O–H groups in total. The molecule has 1 saturated heterocycles. The van der Waals surface area contributed by atoms with E-state index in [0.717, 1.165) is 68.4 Å². The minimum absolute atomic E-state index is 0.215. The van der Waals surface area contributed by atoms with E-state index in [0.29, 0.717) is 5.92 Å². The molecule has 5 rings (SSSR count). The molecule has 7 nitrogen and oxygen atoms in total. The molecule has 2 aliphatic rings. The summed E-state index contributed by atoms with van der Waals surface area (Å²) in [5.41, 5.74) is 3.33. The molecule has 1 aliphatic carbocycles. The predicted octanol–water partition coefficient (Wildman–Crippen LogP) is 3.62. The molecule has 0 amide bonds. The zero-order valence-electron chi connectivity index (χ0n) is 17.1. The van der Waals surface area contributed by atoms with E-state index in [9.17, 15) is 0 Å². The maximum atomic E-state index is 5.04. The van der Waals surface area contributed by atoms with Gasteiger partial charge in [0.05, 0.1) is 6.04 Å². The van der Waals surface area contributed by atoms with E-state index in [1.807, 2.05) is 24.5 Å². The van der Waals surface area contributed by atoms with E-state index in [2.05, 4.69) is 38.5 Å². The first kappa shape index (κ1) is 18.2. The predicted molar refractivity (Wildman–Crippen MR) is 111 cm³/mol. The second-order valence-electron chi connectivity index (χ2n) is 8.45. The summed E-state index contributed by atoms with van der Waals surface area (Å²) in [6.45, 7) is 6.39. The van der Waals surface area contributed by atoms with Gasteiger partial charge < -0.3 is 9.47 Å². The molecule has 7 heteroatoms. The fraction of sp³-hybridized carbons (Fsp3) is 0.500. The minimum Gasteiger partial charge on any atom is -0.346 e. The molecule has 1 aliphatic heterocycles. The largest absolute Gasteiger partial charge is 0.346 e. The van der Waals surface area contributed by atoms with Gasteiger partial charge in [-0.1, -0.05) is 19.9 Å². The summed E-state index contributed by atoms with van der Waals surface area (Å²) in [6.07, 6.45) is 9.10. The highest BCUT2D eigenvalue weighted by atomic mass is 15.3. The van der Waals surface area contributed by atoms with Gasteiger partial charge in [-0.25, -0.2) is 9.97 Å². The topological polar surface area (TPSA) is 72.6 Å². The van der Waals surface area contributed by atoms with Gasteiger partial charge in [-0.15, -0.1) is 10.2 Å². The number of aryl methyl sites for hydroxylation is 1. The number of fused-ring (bicyclic) bond motifs is 1. The molecule has 1 unspecified atom stereocenters. The summed E-state index contributed by atoms with van der Waals surface area (Å²) in [5.74, 6) is 3.42. The smallest absolute Gasteiger partial charge is 0.180 e. The molecule has 4 heterocycles. The molecule has 0 spiro atoms. The average molecular weight is 390 g/mol. The summed E-state index contributed by atoms with van der Waals surface area (Å²) < 4.78 is 2.22. The van der Waals surface area contributed by atoms with Crippen LogP contribution in [0.3, 0.4) is 0 Å². The first-order valence-electron chi connectivity index (χ1n) is 10.7. The van der Waals surface area contributed by atoms with Crippen molar-refractivity contribution in [2.45, 2.75) is 58.5 Å². The van der Waals surface area contributed by atoms with Crippen molar-refractivity contribution in [2.24, 2.45) is 5.92 Å². The van der Waals surface area contributed by atoms with E-state index in [1.54, 1.807) is 6.20 Å². The third-order valence-electron chi connectivity index (χ3n) is 5.84. The Hall–Kier alpha value is -2.83. The Morgan fingerprint density at radius 1 is 1.14 bits per heavy atom. The molecular formula is C22H27N7. The van der Waals surface area contributed by atoms with Crippen molar-refractivity contribution in [1.29, 1.82) is 0 Å². The molecule has 3 aromatic heterocycles. The Balaban J connectivity index is 1.56. The van der Waals surface area contributed by atoms with Crippen molar-refractivity contribution in [1.82, 2.24) is 29.7 Å². The highest BCUT2D eigenvalue weighted by Crippen LogP contribution is 2.39. The van der Waals surface area contributed by atoms with Crippen LogP contribution in [0.4, 0.5) is 5.82 Å². The molecular weight excluding hydrogens is 362 g/mol. The second kappa shape index (κ2) is 7.54. The highest BCUT2D eigenvalue weighted by molar-refractivity contribution is 5.60. The fourth-order valence-corrected chi connectivity index (χ4v) is 4.60. The van der Waals surface area contributed by atoms with Crippen LogP contribution in [0.2, 0.25) is 0 Å². The summed E-state index contributed by atoms with van der Waals surface area (Å²) in [4.78, 5) is 16.8. The lowest BCUT2D eigenvalue weighted by Crippen LogP contribution is -2.28. The van der Waals surface area contributed by atoms with Crippen LogP contribution in [-0.4, -0.2) is 36.3 Å². The molecule has 1 atom stereocenters. The first-order valence-corrected chi connectivity index (χ1v) is 10.7. The highest BCUT2D eigenvalue weighted by Gasteiger charge is 2.34. The molecule has 0 saturated carbocycles. The van der Waals surface area contributed by atoms with E-state index in [-0.39, 0.29) is 6.04 Å². The maximum Gasteiger partial charge on any atom is 0.180 e. The number of anilines is 1.